The van der Waals surface area contributed by atoms with Crippen LogP contribution >= 0.6 is 22.6 Å². The fourth-order valence-electron chi connectivity index (χ4n) is 3.14. The number of rotatable bonds is 4. The molecule has 0 aliphatic heterocycles. The summed E-state index contributed by atoms with van der Waals surface area (Å²) in [6.45, 7) is 0. The first kappa shape index (κ1) is 20.7. The van der Waals surface area contributed by atoms with E-state index < -0.39 is 11.8 Å². The standard InChI is InChI=1S/C24H17IN2O4/c25-19-13-17(11-12-20(19)28)23(29)26-27-24(30)22-21(16-9-5-2-6-10-16)18(14-31-22)15-7-3-1-4-8-15/h1-14,28H,(H,26,29)(H,27,30). The number of amides is 2. The topological polar surface area (TPSA) is 91.6 Å². The van der Waals surface area contributed by atoms with Crippen LogP contribution in [0.25, 0.3) is 22.3 Å². The van der Waals surface area contributed by atoms with E-state index in [1.54, 1.807) is 0 Å². The number of nitrogens with one attached hydrogen (secondary N) is 2. The molecule has 1 aromatic heterocycles. The highest BCUT2D eigenvalue weighted by atomic mass is 127. The van der Waals surface area contributed by atoms with Gasteiger partial charge >= 0.3 is 5.91 Å². The molecule has 0 radical (unpaired) electrons. The summed E-state index contributed by atoms with van der Waals surface area (Å²) in [5.74, 6) is -0.923. The molecule has 0 atom stereocenters. The highest BCUT2D eigenvalue weighted by molar-refractivity contribution is 14.1. The van der Waals surface area contributed by atoms with Crippen molar-refractivity contribution in [1.82, 2.24) is 10.9 Å². The van der Waals surface area contributed by atoms with Crippen molar-refractivity contribution in [3.63, 3.8) is 0 Å². The summed E-state index contributed by atoms with van der Waals surface area (Å²) < 4.78 is 6.17. The van der Waals surface area contributed by atoms with Gasteiger partial charge in [-0.15, -0.1) is 0 Å². The summed E-state index contributed by atoms with van der Waals surface area (Å²) in [5, 5.41) is 9.61. The van der Waals surface area contributed by atoms with E-state index in [0.29, 0.717) is 14.7 Å². The number of phenolic OH excluding ortho intramolecular Hbond substituents is 1. The number of benzene rings is 3. The lowest BCUT2D eigenvalue weighted by molar-refractivity contribution is 0.0831. The first-order valence-electron chi connectivity index (χ1n) is 9.36. The van der Waals surface area contributed by atoms with E-state index in [2.05, 4.69) is 10.9 Å². The third-order valence-electron chi connectivity index (χ3n) is 4.64. The maximum absolute atomic E-state index is 12.9. The molecule has 0 unspecified atom stereocenters. The van der Waals surface area contributed by atoms with Crippen molar-refractivity contribution in [1.29, 1.82) is 0 Å². The molecule has 3 N–H and O–H groups in total. The number of carbonyl (C=O) groups is 2. The minimum absolute atomic E-state index is 0.0812. The first-order chi connectivity index (χ1) is 15.0. The van der Waals surface area contributed by atoms with Gasteiger partial charge in [-0.05, 0) is 51.9 Å². The molecule has 0 aliphatic rings. The summed E-state index contributed by atoms with van der Waals surface area (Å²) in [6.07, 6.45) is 1.54. The van der Waals surface area contributed by atoms with Crippen molar-refractivity contribution in [2.75, 3.05) is 0 Å². The van der Waals surface area contributed by atoms with Crippen molar-refractivity contribution in [2.45, 2.75) is 0 Å². The van der Waals surface area contributed by atoms with Crippen molar-refractivity contribution in [2.24, 2.45) is 0 Å². The lowest BCUT2D eigenvalue weighted by Crippen LogP contribution is -2.41. The smallest absolute Gasteiger partial charge is 0.306 e. The molecule has 154 valence electrons. The fraction of sp³-hybridized carbons (Fsp3) is 0. The minimum atomic E-state index is -0.581. The van der Waals surface area contributed by atoms with Crippen molar-refractivity contribution in [3.05, 3.63) is 100 Å². The quantitative estimate of drug-likeness (QED) is 0.259. The first-order valence-corrected chi connectivity index (χ1v) is 10.4. The molecule has 0 aliphatic carbocycles. The lowest BCUT2D eigenvalue weighted by atomic mass is 9.96. The second-order valence-corrected chi connectivity index (χ2v) is 7.82. The SMILES string of the molecule is O=C(NNC(=O)c1occ(-c2ccccc2)c1-c1ccccc1)c1ccc(O)c(I)c1. The van der Waals surface area contributed by atoms with Gasteiger partial charge < -0.3 is 9.52 Å². The van der Waals surface area contributed by atoms with Crippen LogP contribution in [0.3, 0.4) is 0 Å². The molecule has 4 aromatic rings. The molecule has 0 saturated heterocycles. The van der Waals surface area contributed by atoms with Gasteiger partial charge in [0.25, 0.3) is 5.91 Å². The molecular weight excluding hydrogens is 507 g/mol. The van der Waals surface area contributed by atoms with E-state index in [0.717, 1.165) is 16.7 Å². The molecule has 0 spiro atoms. The molecule has 4 rings (SSSR count). The van der Waals surface area contributed by atoms with Gasteiger partial charge in [0.15, 0.2) is 0 Å². The van der Waals surface area contributed by atoms with Crippen LogP contribution < -0.4 is 10.9 Å². The van der Waals surface area contributed by atoms with Crippen LogP contribution in [0.4, 0.5) is 0 Å². The zero-order chi connectivity index (χ0) is 21.8. The van der Waals surface area contributed by atoms with Crippen molar-refractivity contribution in [3.8, 4) is 28.0 Å². The number of phenols is 1. The van der Waals surface area contributed by atoms with Gasteiger partial charge in [-0.3, -0.25) is 20.4 Å². The summed E-state index contributed by atoms with van der Waals surface area (Å²) in [6, 6.07) is 23.5. The number of hydrogen-bond acceptors (Lipinski definition) is 4. The summed E-state index contributed by atoms with van der Waals surface area (Å²) in [7, 11) is 0. The Morgan fingerprint density at radius 1 is 0.806 bits per heavy atom. The van der Waals surface area contributed by atoms with Crippen LogP contribution in [0, 0.1) is 3.57 Å². The van der Waals surface area contributed by atoms with Gasteiger partial charge in [-0.1, -0.05) is 60.7 Å². The zero-order valence-corrected chi connectivity index (χ0v) is 18.3. The molecule has 2 amide bonds. The predicted octanol–water partition coefficient (Wildman–Crippen LogP) is 5.00. The maximum atomic E-state index is 12.9. The van der Waals surface area contributed by atoms with Crippen LogP contribution in [0.1, 0.15) is 20.9 Å². The monoisotopic (exact) mass is 524 g/mol. The normalized spacial score (nSPS) is 10.5. The number of aromatic hydroxyl groups is 1. The second-order valence-electron chi connectivity index (χ2n) is 6.66. The van der Waals surface area contributed by atoms with E-state index in [1.807, 2.05) is 83.3 Å². The van der Waals surface area contributed by atoms with Gasteiger partial charge in [0.1, 0.15) is 5.75 Å². The number of furan rings is 1. The molecule has 7 heteroatoms. The maximum Gasteiger partial charge on any atom is 0.306 e. The number of carbonyl (C=O) groups excluding carboxylic acids is 2. The summed E-state index contributed by atoms with van der Waals surface area (Å²) in [4.78, 5) is 25.3. The molecule has 6 nitrogen and oxygen atoms in total. The number of hydrogen-bond donors (Lipinski definition) is 3. The molecule has 0 saturated carbocycles. The van der Waals surface area contributed by atoms with Gasteiger partial charge in [0.05, 0.1) is 9.83 Å². The van der Waals surface area contributed by atoms with Crippen LogP contribution in [0.2, 0.25) is 0 Å². The zero-order valence-electron chi connectivity index (χ0n) is 16.1. The molecule has 0 fully saturated rings. The highest BCUT2D eigenvalue weighted by Crippen LogP contribution is 2.36. The van der Waals surface area contributed by atoms with Crippen LogP contribution in [0.5, 0.6) is 5.75 Å². The van der Waals surface area contributed by atoms with Gasteiger partial charge in [-0.25, -0.2) is 0 Å². The van der Waals surface area contributed by atoms with Crippen molar-refractivity contribution >= 4 is 34.4 Å². The Bertz CT molecular complexity index is 1240. The minimum Gasteiger partial charge on any atom is -0.507 e. The second kappa shape index (κ2) is 9.05. The Morgan fingerprint density at radius 3 is 2.06 bits per heavy atom. The third kappa shape index (κ3) is 4.46. The lowest BCUT2D eigenvalue weighted by Gasteiger charge is -2.09. The Labute approximate surface area is 192 Å². The molecular formula is C24H17IN2O4. The fourth-order valence-corrected chi connectivity index (χ4v) is 3.65. The van der Waals surface area contributed by atoms with Gasteiger partial charge in [0.2, 0.25) is 5.76 Å². The largest absolute Gasteiger partial charge is 0.507 e. The Balaban J connectivity index is 1.61. The molecule has 31 heavy (non-hydrogen) atoms. The number of halogens is 1. The number of hydrazine groups is 1. The Kier molecular flexibility index (Phi) is 6.03. The molecule has 3 aromatic carbocycles. The van der Waals surface area contributed by atoms with E-state index in [-0.39, 0.29) is 11.5 Å². The van der Waals surface area contributed by atoms with Gasteiger partial charge in [0, 0.05) is 16.7 Å². The summed E-state index contributed by atoms with van der Waals surface area (Å²) >= 11 is 1.92. The van der Waals surface area contributed by atoms with Crippen LogP contribution in [0.15, 0.2) is 89.5 Å². The van der Waals surface area contributed by atoms with Crippen molar-refractivity contribution < 1.29 is 19.1 Å². The summed E-state index contributed by atoms with van der Waals surface area (Å²) in [5.41, 5.74) is 8.24. The molecule has 0 bridgehead atoms. The van der Waals surface area contributed by atoms with E-state index in [1.165, 1.54) is 24.5 Å². The average Bonchev–Trinajstić information content (AvgIpc) is 3.25. The van der Waals surface area contributed by atoms with E-state index >= 15 is 0 Å². The van der Waals surface area contributed by atoms with E-state index in [9.17, 15) is 14.7 Å². The van der Waals surface area contributed by atoms with Gasteiger partial charge in [-0.2, -0.15) is 0 Å². The highest BCUT2D eigenvalue weighted by Gasteiger charge is 2.23. The predicted molar refractivity (Wildman–Crippen MR) is 125 cm³/mol. The van der Waals surface area contributed by atoms with Crippen LogP contribution in [-0.4, -0.2) is 16.9 Å². The third-order valence-corrected chi connectivity index (χ3v) is 5.51. The Morgan fingerprint density at radius 2 is 1.42 bits per heavy atom. The Hall–Kier alpha value is -3.59. The average molecular weight is 524 g/mol. The molecule has 1 heterocycles. The van der Waals surface area contributed by atoms with E-state index in [4.69, 9.17) is 4.42 Å². The van der Waals surface area contributed by atoms with Crippen LogP contribution in [-0.2, 0) is 0 Å².